The second-order valence-electron chi connectivity index (χ2n) is 7.42. The zero-order chi connectivity index (χ0) is 21.6. The van der Waals surface area contributed by atoms with Gasteiger partial charge in [-0.3, -0.25) is 9.78 Å². The first-order valence-corrected chi connectivity index (χ1v) is 13.6. The highest BCUT2D eigenvalue weighted by Crippen LogP contribution is 2.44. The second kappa shape index (κ2) is 9.45. The van der Waals surface area contributed by atoms with Crippen molar-refractivity contribution in [3.05, 3.63) is 95.8 Å². The topological polar surface area (TPSA) is 76.1 Å². The minimum absolute atomic E-state index is 0.0258. The van der Waals surface area contributed by atoms with E-state index in [1.807, 2.05) is 31.4 Å². The number of benzene rings is 2. The van der Waals surface area contributed by atoms with Crippen LogP contribution in [-0.2, 0) is 15.6 Å². The highest BCUT2D eigenvalue weighted by atomic mass is 32.3. The van der Waals surface area contributed by atoms with Crippen molar-refractivity contribution in [1.29, 1.82) is 0 Å². The zero-order valence-corrected chi connectivity index (χ0v) is 18.7. The maximum Gasteiger partial charge on any atom is 0.261 e. The van der Waals surface area contributed by atoms with E-state index in [0.717, 1.165) is 11.1 Å². The lowest BCUT2D eigenvalue weighted by molar-refractivity contribution is 0.0982. The molecule has 0 saturated carbocycles. The van der Waals surface area contributed by atoms with Gasteiger partial charge in [0.2, 0.25) is 0 Å². The normalized spacial score (nSPS) is 14.5. The van der Waals surface area contributed by atoms with Crippen molar-refractivity contribution in [2.75, 3.05) is 17.8 Å². The number of pyridine rings is 1. The molecule has 0 radical (unpaired) electrons. The number of nitrogens with zero attached hydrogens (tertiary/aromatic N) is 1. The third-order valence-corrected chi connectivity index (χ3v) is 9.48. The third-order valence-electron chi connectivity index (χ3n) is 4.74. The van der Waals surface area contributed by atoms with Gasteiger partial charge in [0.05, 0.1) is 16.2 Å². The summed E-state index contributed by atoms with van der Waals surface area (Å²) in [6.07, 6.45) is 5.11. The van der Waals surface area contributed by atoms with Gasteiger partial charge in [0.15, 0.2) is 9.84 Å². The molecule has 0 aliphatic carbocycles. The summed E-state index contributed by atoms with van der Waals surface area (Å²) in [6, 6.07) is 19.9. The van der Waals surface area contributed by atoms with Gasteiger partial charge in [-0.2, -0.15) is 10.2 Å². The fourth-order valence-corrected chi connectivity index (χ4v) is 8.10. The summed E-state index contributed by atoms with van der Waals surface area (Å²) in [4.78, 5) is 17.1. The summed E-state index contributed by atoms with van der Waals surface area (Å²) in [5.41, 5.74) is 2.67. The highest BCUT2D eigenvalue weighted by Gasteiger charge is 2.26. The maximum absolute atomic E-state index is 12.8. The summed E-state index contributed by atoms with van der Waals surface area (Å²) in [6.45, 7) is 2.02. The Morgan fingerprint density at radius 2 is 1.73 bits per heavy atom. The lowest BCUT2D eigenvalue weighted by atomic mass is 10.2. The summed E-state index contributed by atoms with van der Waals surface area (Å²) < 4.78 is 28.8. The molecule has 0 aliphatic heterocycles. The van der Waals surface area contributed by atoms with Crippen molar-refractivity contribution in [2.45, 2.75) is 17.6 Å². The van der Waals surface area contributed by atoms with E-state index >= 15 is 0 Å². The molecule has 0 saturated heterocycles. The Balaban J connectivity index is 1.84. The van der Waals surface area contributed by atoms with Gasteiger partial charge >= 0.3 is 0 Å². The predicted octanol–water partition coefficient (Wildman–Crippen LogP) is 4.14. The van der Waals surface area contributed by atoms with Crippen LogP contribution in [0, 0.1) is 6.92 Å². The molecular weight excluding hydrogens is 416 g/mol. The molecule has 1 N–H and O–H groups in total. The standard InChI is InChI=1S/C23H26N2O3S2/c1-19-8-6-9-20(16-19)18-29(2,25-23(26)21-10-7-13-24-17-21)14-15-30(27,28)22-11-4-3-5-12-22/h3-13,16-17H,14-15,18H2,1-2H3,(H,25,26). The fraction of sp³-hybridized carbons (Fsp3) is 0.217. The van der Waals surface area contributed by atoms with E-state index in [2.05, 4.69) is 15.8 Å². The van der Waals surface area contributed by atoms with Crippen LogP contribution in [0.25, 0.3) is 0 Å². The Hall–Kier alpha value is -2.64. The molecule has 2 aromatic carbocycles. The number of hydrogen-bond donors (Lipinski definition) is 1. The molecule has 158 valence electrons. The largest absolute Gasteiger partial charge is 0.314 e. The smallest absolute Gasteiger partial charge is 0.261 e. The molecule has 3 rings (SSSR count). The summed E-state index contributed by atoms with van der Waals surface area (Å²) >= 11 is 0. The summed E-state index contributed by atoms with van der Waals surface area (Å²) in [5.74, 6) is 0.710. The SMILES string of the molecule is Cc1cccc(CS(C)(CCS(=O)(=O)c2ccccc2)NC(=O)c2cccnc2)c1. The van der Waals surface area contributed by atoms with Crippen molar-refractivity contribution < 1.29 is 13.2 Å². The zero-order valence-electron chi connectivity index (χ0n) is 17.1. The van der Waals surface area contributed by atoms with Crippen LogP contribution in [0.15, 0.2) is 84.0 Å². The van der Waals surface area contributed by atoms with E-state index in [1.165, 1.54) is 6.20 Å². The Kier molecular flexibility index (Phi) is 6.95. The maximum atomic E-state index is 12.8. The molecule has 0 bridgehead atoms. The van der Waals surface area contributed by atoms with Gasteiger partial charge in [-0.1, -0.05) is 48.0 Å². The molecule has 1 unspecified atom stereocenters. The molecule has 1 amide bonds. The Morgan fingerprint density at radius 1 is 0.967 bits per heavy atom. The lowest BCUT2D eigenvalue weighted by Crippen LogP contribution is -2.32. The highest BCUT2D eigenvalue weighted by molar-refractivity contribution is 8.31. The van der Waals surface area contributed by atoms with Crippen molar-refractivity contribution in [1.82, 2.24) is 9.71 Å². The number of rotatable bonds is 8. The minimum Gasteiger partial charge on any atom is -0.314 e. The van der Waals surface area contributed by atoms with Crippen molar-refractivity contribution in [2.24, 2.45) is 0 Å². The minimum atomic E-state index is -3.44. The van der Waals surface area contributed by atoms with Crippen LogP contribution in [-0.4, -0.2) is 37.1 Å². The number of carbonyl (C=O) groups excluding carboxylic acids is 1. The van der Waals surface area contributed by atoms with Gasteiger partial charge < -0.3 is 4.72 Å². The number of hydrogen-bond acceptors (Lipinski definition) is 4. The monoisotopic (exact) mass is 442 g/mol. The average molecular weight is 443 g/mol. The van der Waals surface area contributed by atoms with Crippen LogP contribution in [0.3, 0.4) is 0 Å². The predicted molar refractivity (Wildman–Crippen MR) is 123 cm³/mol. The molecule has 1 aromatic heterocycles. The Labute approximate surface area is 179 Å². The van der Waals surface area contributed by atoms with E-state index in [1.54, 1.807) is 48.7 Å². The van der Waals surface area contributed by atoms with Gasteiger partial charge in [-0.15, -0.1) is 0 Å². The van der Waals surface area contributed by atoms with Gasteiger partial charge in [-0.05, 0) is 43.0 Å². The lowest BCUT2D eigenvalue weighted by Gasteiger charge is -2.37. The quantitative estimate of drug-likeness (QED) is 0.569. The van der Waals surface area contributed by atoms with Crippen LogP contribution in [0.2, 0.25) is 0 Å². The Bertz CT molecular complexity index is 1100. The number of aromatic nitrogens is 1. The van der Waals surface area contributed by atoms with Crippen LogP contribution in [0.1, 0.15) is 21.5 Å². The second-order valence-corrected chi connectivity index (χ2v) is 13.0. The van der Waals surface area contributed by atoms with Gasteiger partial charge in [0.25, 0.3) is 5.91 Å². The molecule has 0 fully saturated rings. The molecule has 30 heavy (non-hydrogen) atoms. The van der Waals surface area contributed by atoms with Gasteiger partial charge in [0, 0.05) is 23.9 Å². The van der Waals surface area contributed by atoms with Gasteiger partial charge in [-0.25, -0.2) is 8.42 Å². The van der Waals surface area contributed by atoms with Crippen LogP contribution in [0.4, 0.5) is 0 Å². The average Bonchev–Trinajstić information content (AvgIpc) is 2.74. The van der Waals surface area contributed by atoms with E-state index in [0.29, 0.717) is 22.0 Å². The molecule has 5 nitrogen and oxygen atoms in total. The number of aryl methyl sites for hydroxylation is 1. The molecule has 7 heteroatoms. The van der Waals surface area contributed by atoms with Crippen LogP contribution < -0.4 is 4.72 Å². The van der Waals surface area contributed by atoms with Crippen molar-refractivity contribution in [3.8, 4) is 0 Å². The van der Waals surface area contributed by atoms with E-state index in [4.69, 9.17) is 0 Å². The first-order chi connectivity index (χ1) is 14.3. The summed E-state index contributed by atoms with van der Waals surface area (Å²) in [5, 5.41) is 0. The Morgan fingerprint density at radius 3 is 2.40 bits per heavy atom. The molecular formula is C23H26N2O3S2. The number of sulfone groups is 1. The molecule has 0 aliphatic rings. The molecule has 1 atom stereocenters. The first-order valence-electron chi connectivity index (χ1n) is 9.57. The number of nitrogens with one attached hydrogen (secondary N) is 1. The van der Waals surface area contributed by atoms with E-state index in [9.17, 15) is 13.2 Å². The summed E-state index contributed by atoms with van der Waals surface area (Å²) in [7, 11) is -5.24. The van der Waals surface area contributed by atoms with Crippen molar-refractivity contribution >= 4 is 26.0 Å². The number of amides is 1. The fourth-order valence-electron chi connectivity index (χ4n) is 3.15. The van der Waals surface area contributed by atoms with Gasteiger partial charge in [0.1, 0.15) is 0 Å². The molecule has 1 heterocycles. The van der Waals surface area contributed by atoms with Crippen LogP contribution in [0.5, 0.6) is 0 Å². The van der Waals surface area contributed by atoms with E-state index in [-0.39, 0.29) is 11.7 Å². The number of carbonyl (C=O) groups is 1. The molecule has 0 spiro atoms. The van der Waals surface area contributed by atoms with Crippen LogP contribution >= 0.6 is 10.2 Å². The third kappa shape index (κ3) is 5.93. The first kappa shape index (κ1) is 22.1. The van der Waals surface area contributed by atoms with Crippen molar-refractivity contribution in [3.63, 3.8) is 0 Å². The molecule has 3 aromatic rings. The van der Waals surface area contributed by atoms with E-state index < -0.39 is 20.1 Å².